The Bertz CT molecular complexity index is 911. The maximum atomic E-state index is 11.5. The van der Waals surface area contributed by atoms with Crippen LogP contribution in [0.1, 0.15) is 16.7 Å². The summed E-state index contributed by atoms with van der Waals surface area (Å²) in [6.07, 6.45) is 1.16. The Morgan fingerprint density at radius 2 is 1.30 bits per heavy atom. The number of carbonyl (C=O) groups is 1. The van der Waals surface area contributed by atoms with Crippen LogP contribution in [0.2, 0.25) is 0 Å². The fourth-order valence-electron chi connectivity index (χ4n) is 2.87. The molecule has 0 radical (unpaired) electrons. The molecule has 0 amide bonds. The van der Waals surface area contributed by atoms with E-state index in [1.807, 2.05) is 25.1 Å². The van der Waals surface area contributed by atoms with Crippen molar-refractivity contribution in [3.05, 3.63) is 96.1 Å². The molecule has 0 bridgehead atoms. The van der Waals surface area contributed by atoms with Gasteiger partial charge in [-0.2, -0.15) is 0 Å². The average Bonchev–Trinajstić information content (AvgIpc) is 2.67. The van der Waals surface area contributed by atoms with Gasteiger partial charge >= 0.3 is 5.97 Å². The third-order valence-electron chi connectivity index (χ3n) is 4.38. The molecule has 136 valence electrons. The Morgan fingerprint density at radius 1 is 0.815 bits per heavy atom. The van der Waals surface area contributed by atoms with Crippen molar-refractivity contribution >= 4 is 23.0 Å². The Morgan fingerprint density at radius 3 is 1.74 bits per heavy atom. The molecule has 0 fully saturated rings. The first-order valence-electron chi connectivity index (χ1n) is 8.86. The van der Waals surface area contributed by atoms with Gasteiger partial charge in [-0.1, -0.05) is 42.0 Å². The van der Waals surface area contributed by atoms with Gasteiger partial charge in [0.2, 0.25) is 0 Å². The minimum absolute atomic E-state index is 0.459. The van der Waals surface area contributed by atoms with Gasteiger partial charge in [-0.3, -0.25) is 0 Å². The van der Waals surface area contributed by atoms with Crippen LogP contribution in [0.5, 0.6) is 5.75 Å². The number of esters is 1. The second kappa shape index (κ2) is 7.92. The van der Waals surface area contributed by atoms with E-state index in [9.17, 15) is 4.79 Å². The van der Waals surface area contributed by atoms with E-state index in [1.54, 1.807) is 0 Å². The number of nitrogens with zero attached hydrogens (tertiary/aromatic N) is 1. The molecule has 0 aliphatic heterocycles. The van der Waals surface area contributed by atoms with Gasteiger partial charge in [0.15, 0.2) is 0 Å². The molecule has 0 aliphatic carbocycles. The highest BCUT2D eigenvalue weighted by molar-refractivity contribution is 5.84. The third kappa shape index (κ3) is 4.26. The Kier molecular flexibility index (Phi) is 5.41. The number of hydrogen-bond donors (Lipinski definition) is 0. The van der Waals surface area contributed by atoms with Crippen LogP contribution in [0, 0.1) is 20.8 Å². The fraction of sp³-hybridized carbons (Fsp3) is 0.125. The van der Waals surface area contributed by atoms with E-state index < -0.39 is 5.97 Å². The molecule has 0 spiro atoms. The van der Waals surface area contributed by atoms with Crippen molar-refractivity contribution in [1.82, 2.24) is 0 Å². The third-order valence-corrected chi connectivity index (χ3v) is 4.38. The summed E-state index contributed by atoms with van der Waals surface area (Å²) in [6, 6.07) is 22.6. The molecule has 0 N–H and O–H groups in total. The molecule has 0 unspecified atom stereocenters. The average molecular weight is 357 g/mol. The largest absolute Gasteiger partial charge is 0.423 e. The maximum absolute atomic E-state index is 11.5. The molecule has 0 saturated carbocycles. The van der Waals surface area contributed by atoms with E-state index in [-0.39, 0.29) is 0 Å². The number of hydrogen-bond acceptors (Lipinski definition) is 3. The van der Waals surface area contributed by atoms with Crippen LogP contribution in [-0.4, -0.2) is 5.97 Å². The van der Waals surface area contributed by atoms with E-state index >= 15 is 0 Å². The second-order valence-electron chi connectivity index (χ2n) is 6.58. The van der Waals surface area contributed by atoms with Crippen LogP contribution >= 0.6 is 0 Å². The van der Waals surface area contributed by atoms with Crippen molar-refractivity contribution in [2.75, 3.05) is 4.90 Å². The second-order valence-corrected chi connectivity index (χ2v) is 6.58. The summed E-state index contributed by atoms with van der Waals surface area (Å²) >= 11 is 0. The zero-order chi connectivity index (χ0) is 19.4. The minimum atomic E-state index is -0.459. The first-order valence-corrected chi connectivity index (χ1v) is 8.86. The number of anilines is 3. The molecule has 0 saturated heterocycles. The lowest BCUT2D eigenvalue weighted by Crippen LogP contribution is -2.11. The van der Waals surface area contributed by atoms with Gasteiger partial charge in [-0.15, -0.1) is 0 Å². The lowest BCUT2D eigenvalue weighted by atomic mass is 10.1. The summed E-state index contributed by atoms with van der Waals surface area (Å²) < 4.78 is 5.30. The standard InChI is InChI=1S/C24H23NO2/c1-5-24(26)27-23-15-14-22(16-19(23)4)25(20-10-6-17(2)7-11-20)21-12-8-18(3)9-13-21/h5-16H,1H2,2-4H3. The SMILES string of the molecule is C=CC(=O)Oc1ccc(N(c2ccc(C)cc2)c2ccc(C)cc2)cc1C. The molecule has 3 heteroatoms. The van der Waals surface area contributed by atoms with Crippen molar-refractivity contribution in [3.8, 4) is 5.75 Å². The van der Waals surface area contributed by atoms with Crippen LogP contribution in [0.15, 0.2) is 79.4 Å². The summed E-state index contributed by atoms with van der Waals surface area (Å²) in [6.45, 7) is 9.52. The molecular formula is C24H23NO2. The van der Waals surface area contributed by atoms with Crippen molar-refractivity contribution in [1.29, 1.82) is 0 Å². The normalized spacial score (nSPS) is 10.3. The summed E-state index contributed by atoms with van der Waals surface area (Å²) in [5.74, 6) is 0.0798. The number of carbonyl (C=O) groups excluding carboxylic acids is 1. The summed E-state index contributed by atoms with van der Waals surface area (Å²) in [5, 5.41) is 0. The Balaban J connectivity index is 2.06. The smallest absolute Gasteiger partial charge is 0.335 e. The highest BCUT2D eigenvalue weighted by Crippen LogP contribution is 2.36. The van der Waals surface area contributed by atoms with Crippen molar-refractivity contribution in [2.45, 2.75) is 20.8 Å². The summed E-state index contributed by atoms with van der Waals surface area (Å²) in [5.41, 5.74) is 6.45. The zero-order valence-corrected chi connectivity index (χ0v) is 15.9. The van der Waals surface area contributed by atoms with E-state index in [4.69, 9.17) is 4.74 Å². The van der Waals surface area contributed by atoms with E-state index in [2.05, 4.69) is 73.9 Å². The number of ether oxygens (including phenoxy) is 1. The van der Waals surface area contributed by atoms with E-state index in [1.165, 1.54) is 11.1 Å². The van der Waals surface area contributed by atoms with Gasteiger partial charge in [0.05, 0.1) is 0 Å². The maximum Gasteiger partial charge on any atom is 0.335 e. The highest BCUT2D eigenvalue weighted by atomic mass is 16.5. The minimum Gasteiger partial charge on any atom is -0.423 e. The quantitative estimate of drug-likeness (QED) is 0.310. The molecule has 0 atom stereocenters. The molecule has 3 rings (SSSR count). The van der Waals surface area contributed by atoms with E-state index in [0.717, 1.165) is 28.7 Å². The molecule has 3 nitrogen and oxygen atoms in total. The number of aryl methyl sites for hydroxylation is 3. The fourth-order valence-corrected chi connectivity index (χ4v) is 2.87. The molecule has 3 aromatic carbocycles. The van der Waals surface area contributed by atoms with Gasteiger partial charge in [-0.05, 0) is 68.8 Å². The van der Waals surface area contributed by atoms with Crippen LogP contribution in [0.4, 0.5) is 17.1 Å². The van der Waals surface area contributed by atoms with Gasteiger partial charge in [0.25, 0.3) is 0 Å². The van der Waals surface area contributed by atoms with Gasteiger partial charge in [-0.25, -0.2) is 4.79 Å². The molecular weight excluding hydrogens is 334 g/mol. The summed E-state index contributed by atoms with van der Waals surface area (Å²) in [7, 11) is 0. The molecule has 0 heterocycles. The predicted molar refractivity (Wildman–Crippen MR) is 111 cm³/mol. The van der Waals surface area contributed by atoms with Crippen molar-refractivity contribution in [3.63, 3.8) is 0 Å². The first-order chi connectivity index (χ1) is 13.0. The van der Waals surface area contributed by atoms with Crippen molar-refractivity contribution < 1.29 is 9.53 Å². The highest BCUT2D eigenvalue weighted by Gasteiger charge is 2.14. The topological polar surface area (TPSA) is 29.5 Å². The van der Waals surface area contributed by atoms with E-state index in [0.29, 0.717) is 5.75 Å². The summed E-state index contributed by atoms with van der Waals surface area (Å²) in [4.78, 5) is 13.7. The Hall–Kier alpha value is -3.33. The van der Waals surface area contributed by atoms with Gasteiger partial charge in [0, 0.05) is 23.1 Å². The zero-order valence-electron chi connectivity index (χ0n) is 15.9. The van der Waals surface area contributed by atoms with Crippen LogP contribution in [0.3, 0.4) is 0 Å². The van der Waals surface area contributed by atoms with Gasteiger partial charge in [0.1, 0.15) is 5.75 Å². The van der Waals surface area contributed by atoms with Crippen LogP contribution < -0.4 is 9.64 Å². The molecule has 0 aliphatic rings. The lowest BCUT2D eigenvalue weighted by molar-refractivity contribution is -0.129. The molecule has 0 aromatic heterocycles. The van der Waals surface area contributed by atoms with Crippen LogP contribution in [-0.2, 0) is 4.79 Å². The molecule has 3 aromatic rings. The Labute approximate surface area is 160 Å². The number of benzene rings is 3. The molecule has 27 heavy (non-hydrogen) atoms. The van der Waals surface area contributed by atoms with Gasteiger partial charge < -0.3 is 9.64 Å². The van der Waals surface area contributed by atoms with Crippen molar-refractivity contribution in [2.24, 2.45) is 0 Å². The van der Waals surface area contributed by atoms with Crippen LogP contribution in [0.25, 0.3) is 0 Å². The predicted octanol–water partition coefficient (Wildman–Crippen LogP) is 6.17. The first kappa shape index (κ1) is 18.5. The monoisotopic (exact) mass is 357 g/mol. The lowest BCUT2D eigenvalue weighted by Gasteiger charge is -2.26. The number of rotatable bonds is 5.